The number of carbonyl (C=O) groups excluding carboxylic acids is 5. The largest absolute Gasteiger partial charge is 0.467 e. The summed E-state index contributed by atoms with van der Waals surface area (Å²) < 4.78 is 15.0. The minimum absolute atomic E-state index is 0.266. The first-order chi connectivity index (χ1) is 14.8. The third-order valence-electron chi connectivity index (χ3n) is 4.77. The minimum atomic E-state index is -2.51. The SMILES string of the molecule is C=CCOC(=O)C1(C(=O)OCC=C)C(C(C)=O)C(=O)N1C(C(=O)OC)c1ccccc1. The number of nitrogens with zero attached hydrogens (tertiary/aromatic N) is 1. The van der Waals surface area contributed by atoms with Crippen molar-refractivity contribution in [3.8, 4) is 0 Å². The van der Waals surface area contributed by atoms with Gasteiger partial charge in [-0.05, 0) is 12.5 Å². The fourth-order valence-electron chi connectivity index (χ4n) is 3.51. The summed E-state index contributed by atoms with van der Waals surface area (Å²) in [4.78, 5) is 65.0. The lowest BCUT2D eigenvalue weighted by atomic mass is 9.69. The molecule has 2 rings (SSSR count). The van der Waals surface area contributed by atoms with Crippen molar-refractivity contribution in [2.24, 2.45) is 5.92 Å². The Kier molecular flexibility index (Phi) is 7.47. The molecule has 9 nitrogen and oxygen atoms in total. The van der Waals surface area contributed by atoms with E-state index in [2.05, 4.69) is 13.2 Å². The number of amides is 1. The van der Waals surface area contributed by atoms with Gasteiger partial charge in [-0.25, -0.2) is 14.4 Å². The van der Waals surface area contributed by atoms with E-state index in [1.807, 2.05) is 0 Å². The van der Waals surface area contributed by atoms with Crippen LogP contribution in [0.5, 0.6) is 0 Å². The molecule has 1 saturated heterocycles. The van der Waals surface area contributed by atoms with E-state index in [9.17, 15) is 24.0 Å². The summed E-state index contributed by atoms with van der Waals surface area (Å²) in [6.45, 7) is 7.34. The molecule has 1 amide bonds. The third-order valence-corrected chi connectivity index (χ3v) is 4.77. The van der Waals surface area contributed by atoms with Gasteiger partial charge in [0, 0.05) is 0 Å². The molecule has 1 aromatic rings. The van der Waals surface area contributed by atoms with Gasteiger partial charge in [-0.15, -0.1) is 0 Å². The fourth-order valence-corrected chi connectivity index (χ4v) is 3.51. The zero-order valence-electron chi connectivity index (χ0n) is 17.2. The standard InChI is InChI=1S/C22H23NO8/c1-5-12-30-20(27)22(21(28)31-13-6-2)16(14(3)24)18(25)23(22)17(19(26)29-4)15-10-8-7-9-11-15/h5-11,16-17H,1-2,12-13H2,3-4H3. The Morgan fingerprint density at radius 1 is 1.06 bits per heavy atom. The van der Waals surface area contributed by atoms with Crippen molar-refractivity contribution < 1.29 is 38.2 Å². The lowest BCUT2D eigenvalue weighted by Crippen LogP contribution is -2.81. The molecule has 2 unspecified atom stereocenters. The average Bonchev–Trinajstić information content (AvgIpc) is 2.76. The van der Waals surface area contributed by atoms with Crippen molar-refractivity contribution in [3.05, 3.63) is 61.2 Å². The highest BCUT2D eigenvalue weighted by atomic mass is 16.6. The number of esters is 3. The predicted octanol–water partition coefficient (Wildman–Crippen LogP) is 1.15. The van der Waals surface area contributed by atoms with Gasteiger partial charge in [-0.2, -0.15) is 0 Å². The quantitative estimate of drug-likeness (QED) is 0.179. The van der Waals surface area contributed by atoms with Gasteiger partial charge in [-0.3, -0.25) is 14.5 Å². The molecule has 1 aromatic carbocycles. The lowest BCUT2D eigenvalue weighted by molar-refractivity contribution is -0.210. The van der Waals surface area contributed by atoms with Crippen LogP contribution in [-0.2, 0) is 38.2 Å². The second-order valence-electron chi connectivity index (χ2n) is 6.63. The zero-order chi connectivity index (χ0) is 23.2. The van der Waals surface area contributed by atoms with Crippen LogP contribution in [0.4, 0.5) is 0 Å². The number of methoxy groups -OCH3 is 1. The summed E-state index contributed by atoms with van der Waals surface area (Å²) in [5.41, 5.74) is -2.24. The van der Waals surface area contributed by atoms with E-state index >= 15 is 0 Å². The van der Waals surface area contributed by atoms with E-state index < -0.39 is 47.1 Å². The molecular formula is C22H23NO8. The van der Waals surface area contributed by atoms with Crippen LogP contribution in [0.2, 0.25) is 0 Å². The monoisotopic (exact) mass is 429 g/mol. The Balaban J connectivity index is 2.73. The topological polar surface area (TPSA) is 116 Å². The van der Waals surface area contributed by atoms with Crippen molar-refractivity contribution >= 4 is 29.6 Å². The van der Waals surface area contributed by atoms with Crippen LogP contribution in [0.1, 0.15) is 18.5 Å². The van der Waals surface area contributed by atoms with Crippen LogP contribution in [0, 0.1) is 5.92 Å². The summed E-state index contributed by atoms with van der Waals surface area (Å²) in [5, 5.41) is 0. The summed E-state index contributed by atoms with van der Waals surface area (Å²) in [7, 11) is 1.10. The first-order valence-corrected chi connectivity index (χ1v) is 9.31. The molecular weight excluding hydrogens is 406 g/mol. The molecule has 0 bridgehead atoms. The zero-order valence-corrected chi connectivity index (χ0v) is 17.2. The van der Waals surface area contributed by atoms with Crippen LogP contribution in [0.15, 0.2) is 55.6 Å². The van der Waals surface area contributed by atoms with E-state index in [-0.39, 0.29) is 18.8 Å². The van der Waals surface area contributed by atoms with Gasteiger partial charge in [0.15, 0.2) is 6.04 Å². The van der Waals surface area contributed by atoms with E-state index in [0.717, 1.165) is 14.0 Å². The molecule has 0 aliphatic carbocycles. The average molecular weight is 429 g/mol. The maximum Gasteiger partial charge on any atom is 0.345 e. The Labute approximate surface area is 179 Å². The van der Waals surface area contributed by atoms with Crippen molar-refractivity contribution in [3.63, 3.8) is 0 Å². The van der Waals surface area contributed by atoms with Gasteiger partial charge in [0.2, 0.25) is 5.91 Å². The molecule has 1 aliphatic heterocycles. The number of benzene rings is 1. The van der Waals surface area contributed by atoms with Gasteiger partial charge < -0.3 is 14.2 Å². The van der Waals surface area contributed by atoms with Crippen molar-refractivity contribution in [2.45, 2.75) is 18.5 Å². The highest BCUT2D eigenvalue weighted by Gasteiger charge is 2.76. The van der Waals surface area contributed by atoms with Crippen molar-refractivity contribution in [1.29, 1.82) is 0 Å². The number of carbonyl (C=O) groups is 5. The van der Waals surface area contributed by atoms with Crippen molar-refractivity contribution in [1.82, 2.24) is 4.90 Å². The molecule has 1 aliphatic rings. The molecule has 0 spiro atoms. The Morgan fingerprint density at radius 2 is 1.58 bits per heavy atom. The molecule has 1 heterocycles. The second kappa shape index (κ2) is 9.84. The molecule has 31 heavy (non-hydrogen) atoms. The molecule has 2 atom stereocenters. The molecule has 0 aromatic heterocycles. The summed E-state index contributed by atoms with van der Waals surface area (Å²) in [6.07, 6.45) is 2.51. The number of ether oxygens (including phenoxy) is 3. The Morgan fingerprint density at radius 3 is 2.00 bits per heavy atom. The number of likely N-dealkylation sites (tertiary alicyclic amines) is 1. The van der Waals surface area contributed by atoms with E-state index in [1.54, 1.807) is 18.2 Å². The van der Waals surface area contributed by atoms with Crippen LogP contribution in [0.3, 0.4) is 0 Å². The maximum atomic E-state index is 13.1. The van der Waals surface area contributed by atoms with Crippen LogP contribution < -0.4 is 0 Å². The van der Waals surface area contributed by atoms with Crippen molar-refractivity contribution in [2.75, 3.05) is 20.3 Å². The number of hydrogen-bond donors (Lipinski definition) is 0. The van der Waals surface area contributed by atoms with Crippen LogP contribution in [0.25, 0.3) is 0 Å². The first kappa shape index (κ1) is 23.5. The van der Waals surface area contributed by atoms with E-state index in [1.165, 1.54) is 24.3 Å². The Hall–Kier alpha value is -3.75. The molecule has 0 radical (unpaired) electrons. The highest BCUT2D eigenvalue weighted by molar-refractivity contribution is 6.25. The lowest BCUT2D eigenvalue weighted by Gasteiger charge is -2.54. The number of hydrogen-bond acceptors (Lipinski definition) is 8. The second-order valence-corrected chi connectivity index (χ2v) is 6.63. The number of rotatable bonds is 10. The van der Waals surface area contributed by atoms with E-state index in [4.69, 9.17) is 14.2 Å². The predicted molar refractivity (Wildman–Crippen MR) is 107 cm³/mol. The third kappa shape index (κ3) is 3.98. The van der Waals surface area contributed by atoms with Gasteiger partial charge in [-0.1, -0.05) is 55.6 Å². The molecule has 0 saturated carbocycles. The normalized spacial score (nSPS) is 17.5. The summed E-state index contributed by atoms with van der Waals surface area (Å²) in [6, 6.07) is 6.42. The minimum Gasteiger partial charge on any atom is -0.467 e. The van der Waals surface area contributed by atoms with E-state index in [0.29, 0.717) is 4.90 Å². The van der Waals surface area contributed by atoms with Gasteiger partial charge >= 0.3 is 17.9 Å². The van der Waals surface area contributed by atoms with Gasteiger partial charge in [0.1, 0.15) is 24.9 Å². The maximum absolute atomic E-state index is 13.1. The number of ketones is 1. The fraction of sp³-hybridized carbons (Fsp3) is 0.318. The molecule has 0 N–H and O–H groups in total. The number of β-lactam (4-membered cyclic amide) rings is 1. The van der Waals surface area contributed by atoms with Gasteiger partial charge in [0.05, 0.1) is 7.11 Å². The molecule has 9 heteroatoms. The smallest absolute Gasteiger partial charge is 0.345 e. The first-order valence-electron chi connectivity index (χ1n) is 9.31. The van der Waals surface area contributed by atoms with Gasteiger partial charge in [0.25, 0.3) is 5.54 Å². The molecule has 1 fully saturated rings. The summed E-state index contributed by atoms with van der Waals surface area (Å²) in [5.74, 6) is -6.74. The summed E-state index contributed by atoms with van der Waals surface area (Å²) >= 11 is 0. The highest BCUT2D eigenvalue weighted by Crippen LogP contribution is 2.47. The molecule has 164 valence electrons. The Bertz CT molecular complexity index is 883. The van der Waals surface area contributed by atoms with Crippen LogP contribution in [-0.4, -0.2) is 60.4 Å². The number of Topliss-reactive ketones (excluding diaryl/α,β-unsaturated/α-hetero) is 1. The van der Waals surface area contributed by atoms with Crippen LogP contribution >= 0.6 is 0 Å².